The lowest BCUT2D eigenvalue weighted by Crippen LogP contribution is -1.93. The van der Waals surface area contributed by atoms with Gasteiger partial charge >= 0.3 is 5.97 Å². The Hall–Kier alpha value is -1.91. The third-order valence-electron chi connectivity index (χ3n) is 1.84. The standard InChI is InChI=1S/C11H10F2O3/c1-16-9-6-7(3-2-4-10(14)15)5-8(12)11(9)13/h2-3,5-6H,4H2,1H3,(H,14,15). The topological polar surface area (TPSA) is 46.5 Å². The number of halogens is 2. The zero-order valence-corrected chi connectivity index (χ0v) is 8.54. The number of methoxy groups -OCH3 is 1. The van der Waals surface area contributed by atoms with E-state index in [1.807, 2.05) is 0 Å². The summed E-state index contributed by atoms with van der Waals surface area (Å²) in [5.74, 6) is -3.30. The van der Waals surface area contributed by atoms with E-state index in [0.29, 0.717) is 5.56 Å². The molecule has 1 aromatic carbocycles. The second-order valence-electron chi connectivity index (χ2n) is 3.02. The van der Waals surface area contributed by atoms with Gasteiger partial charge in [-0.2, -0.15) is 4.39 Å². The number of aliphatic carboxylic acids is 1. The van der Waals surface area contributed by atoms with Crippen LogP contribution in [0, 0.1) is 11.6 Å². The quantitative estimate of drug-likeness (QED) is 0.861. The van der Waals surface area contributed by atoms with Crippen LogP contribution in [0.25, 0.3) is 6.08 Å². The Bertz CT molecular complexity index is 427. The van der Waals surface area contributed by atoms with Crippen molar-refractivity contribution in [3.63, 3.8) is 0 Å². The van der Waals surface area contributed by atoms with E-state index in [4.69, 9.17) is 5.11 Å². The summed E-state index contributed by atoms with van der Waals surface area (Å²) in [6, 6.07) is 2.26. The molecule has 0 radical (unpaired) electrons. The summed E-state index contributed by atoms with van der Waals surface area (Å²) in [5, 5.41) is 8.38. The van der Waals surface area contributed by atoms with Crippen LogP contribution in [0.15, 0.2) is 18.2 Å². The molecule has 16 heavy (non-hydrogen) atoms. The molecule has 0 unspecified atom stereocenters. The Morgan fingerprint density at radius 1 is 1.50 bits per heavy atom. The maximum Gasteiger partial charge on any atom is 0.307 e. The predicted octanol–water partition coefficient (Wildman–Crippen LogP) is 2.46. The fourth-order valence-electron chi connectivity index (χ4n) is 1.12. The van der Waals surface area contributed by atoms with Crippen molar-refractivity contribution < 1.29 is 23.4 Å². The summed E-state index contributed by atoms with van der Waals surface area (Å²) in [6.45, 7) is 0. The minimum atomic E-state index is -1.06. The van der Waals surface area contributed by atoms with Crippen LogP contribution < -0.4 is 4.74 Å². The first kappa shape index (κ1) is 12.2. The first-order valence-corrected chi connectivity index (χ1v) is 4.46. The van der Waals surface area contributed by atoms with Gasteiger partial charge < -0.3 is 9.84 Å². The van der Waals surface area contributed by atoms with Crippen molar-refractivity contribution in [3.8, 4) is 5.75 Å². The molecule has 3 nitrogen and oxygen atoms in total. The molecule has 0 saturated heterocycles. The van der Waals surface area contributed by atoms with Gasteiger partial charge in [0.25, 0.3) is 0 Å². The van der Waals surface area contributed by atoms with E-state index < -0.39 is 17.6 Å². The van der Waals surface area contributed by atoms with E-state index in [1.54, 1.807) is 0 Å². The van der Waals surface area contributed by atoms with Gasteiger partial charge in [-0.25, -0.2) is 4.39 Å². The number of benzene rings is 1. The highest BCUT2D eigenvalue weighted by molar-refractivity contribution is 5.70. The minimum absolute atomic E-state index is 0.179. The molecular weight excluding hydrogens is 218 g/mol. The van der Waals surface area contributed by atoms with Crippen molar-refractivity contribution in [2.45, 2.75) is 6.42 Å². The van der Waals surface area contributed by atoms with E-state index in [0.717, 1.165) is 6.07 Å². The molecule has 0 fully saturated rings. The molecule has 0 atom stereocenters. The molecule has 0 saturated carbocycles. The maximum atomic E-state index is 13.0. The average molecular weight is 228 g/mol. The predicted molar refractivity (Wildman–Crippen MR) is 54.2 cm³/mol. The molecular formula is C11H10F2O3. The van der Waals surface area contributed by atoms with E-state index in [-0.39, 0.29) is 12.2 Å². The number of hydrogen-bond donors (Lipinski definition) is 1. The monoisotopic (exact) mass is 228 g/mol. The molecule has 0 heterocycles. The molecule has 1 rings (SSSR count). The summed E-state index contributed by atoms with van der Waals surface area (Å²) < 4.78 is 30.7. The molecule has 0 bridgehead atoms. The van der Waals surface area contributed by atoms with Gasteiger partial charge in [-0.3, -0.25) is 4.79 Å². The Balaban J connectivity index is 2.93. The second-order valence-corrected chi connectivity index (χ2v) is 3.02. The lowest BCUT2D eigenvalue weighted by atomic mass is 10.1. The summed E-state index contributed by atoms with van der Waals surface area (Å²) in [7, 11) is 1.22. The molecule has 5 heteroatoms. The van der Waals surface area contributed by atoms with Crippen molar-refractivity contribution in [3.05, 3.63) is 35.4 Å². The van der Waals surface area contributed by atoms with Gasteiger partial charge in [0.05, 0.1) is 13.5 Å². The van der Waals surface area contributed by atoms with Crippen molar-refractivity contribution in [2.75, 3.05) is 7.11 Å². The highest BCUT2D eigenvalue weighted by atomic mass is 19.2. The first-order chi connectivity index (χ1) is 7.54. The van der Waals surface area contributed by atoms with Gasteiger partial charge in [-0.1, -0.05) is 12.2 Å². The number of hydrogen-bond acceptors (Lipinski definition) is 2. The van der Waals surface area contributed by atoms with Crippen LogP contribution in [-0.4, -0.2) is 18.2 Å². The third-order valence-corrected chi connectivity index (χ3v) is 1.84. The molecule has 0 amide bonds. The number of carbonyl (C=O) groups is 1. The normalized spacial score (nSPS) is 10.7. The smallest absolute Gasteiger partial charge is 0.307 e. The molecule has 0 aliphatic heterocycles. The van der Waals surface area contributed by atoms with Gasteiger partial charge in [0.15, 0.2) is 11.6 Å². The van der Waals surface area contributed by atoms with Gasteiger partial charge in [0.2, 0.25) is 5.82 Å². The lowest BCUT2D eigenvalue weighted by molar-refractivity contribution is -0.135. The van der Waals surface area contributed by atoms with Gasteiger partial charge in [0.1, 0.15) is 0 Å². The van der Waals surface area contributed by atoms with Crippen LogP contribution in [0.3, 0.4) is 0 Å². The molecule has 0 spiro atoms. The zero-order chi connectivity index (χ0) is 12.1. The summed E-state index contributed by atoms with van der Waals surface area (Å²) >= 11 is 0. The fourth-order valence-corrected chi connectivity index (χ4v) is 1.12. The minimum Gasteiger partial charge on any atom is -0.494 e. The molecule has 0 aromatic heterocycles. The Labute approximate surface area is 91.0 Å². The largest absolute Gasteiger partial charge is 0.494 e. The van der Waals surface area contributed by atoms with E-state index in [2.05, 4.69) is 4.74 Å². The van der Waals surface area contributed by atoms with Gasteiger partial charge in [-0.15, -0.1) is 0 Å². The van der Waals surface area contributed by atoms with Crippen LogP contribution >= 0.6 is 0 Å². The van der Waals surface area contributed by atoms with E-state index >= 15 is 0 Å². The molecule has 0 aliphatic carbocycles. The highest BCUT2D eigenvalue weighted by Gasteiger charge is 2.09. The molecule has 86 valence electrons. The summed E-state index contributed by atoms with van der Waals surface area (Å²) in [5.41, 5.74) is 0.344. The first-order valence-electron chi connectivity index (χ1n) is 4.46. The van der Waals surface area contributed by atoms with Crippen LogP contribution in [0.4, 0.5) is 8.78 Å². The van der Waals surface area contributed by atoms with Crippen LogP contribution in [0.5, 0.6) is 5.75 Å². The second kappa shape index (κ2) is 5.25. The Kier molecular flexibility index (Phi) is 3.99. The summed E-state index contributed by atoms with van der Waals surface area (Å²) in [4.78, 5) is 10.2. The van der Waals surface area contributed by atoms with Gasteiger partial charge in [0, 0.05) is 0 Å². The zero-order valence-electron chi connectivity index (χ0n) is 8.54. The highest BCUT2D eigenvalue weighted by Crippen LogP contribution is 2.22. The Morgan fingerprint density at radius 3 is 2.75 bits per heavy atom. The van der Waals surface area contributed by atoms with Crippen LogP contribution in [0.2, 0.25) is 0 Å². The molecule has 1 aromatic rings. The Morgan fingerprint density at radius 2 is 2.19 bits per heavy atom. The average Bonchev–Trinajstić information content (AvgIpc) is 2.22. The van der Waals surface area contributed by atoms with Crippen LogP contribution in [0.1, 0.15) is 12.0 Å². The lowest BCUT2D eigenvalue weighted by Gasteiger charge is -2.03. The molecule has 1 N–H and O–H groups in total. The number of rotatable bonds is 4. The summed E-state index contributed by atoms with van der Waals surface area (Å²) in [6.07, 6.45) is 2.55. The third kappa shape index (κ3) is 3.05. The van der Waals surface area contributed by atoms with E-state index in [9.17, 15) is 13.6 Å². The van der Waals surface area contributed by atoms with Crippen molar-refractivity contribution in [1.29, 1.82) is 0 Å². The maximum absolute atomic E-state index is 13.0. The number of ether oxygens (including phenoxy) is 1. The van der Waals surface area contributed by atoms with Crippen LogP contribution in [-0.2, 0) is 4.79 Å². The van der Waals surface area contributed by atoms with Crippen molar-refractivity contribution in [2.24, 2.45) is 0 Å². The fraction of sp³-hybridized carbons (Fsp3) is 0.182. The van der Waals surface area contributed by atoms with Crippen molar-refractivity contribution >= 4 is 12.0 Å². The molecule has 0 aliphatic rings. The number of carboxylic acid groups (broad SMARTS) is 1. The number of carboxylic acids is 1. The van der Waals surface area contributed by atoms with Gasteiger partial charge in [-0.05, 0) is 17.7 Å². The van der Waals surface area contributed by atoms with Crippen molar-refractivity contribution in [1.82, 2.24) is 0 Å². The SMILES string of the molecule is COc1cc(C=CCC(=O)O)cc(F)c1F. The van der Waals surface area contributed by atoms with E-state index in [1.165, 1.54) is 25.3 Å².